The average Bonchev–Trinajstić information content (AvgIpc) is 3.00. The predicted octanol–water partition coefficient (Wildman–Crippen LogP) is 3.85. The molecule has 0 fully saturated rings. The van der Waals surface area contributed by atoms with E-state index in [1.165, 1.54) is 21.7 Å². The normalized spacial score (nSPS) is 11.1. The third kappa shape index (κ3) is 6.39. The molecule has 0 unspecified atom stereocenters. The Morgan fingerprint density at radius 3 is 2.67 bits per heavy atom. The van der Waals surface area contributed by atoms with Crippen molar-refractivity contribution in [3.05, 3.63) is 51.0 Å². The minimum atomic E-state index is 0. The summed E-state index contributed by atoms with van der Waals surface area (Å²) in [5.41, 5.74) is 5.06. The minimum absolute atomic E-state index is 0. The second-order valence-electron chi connectivity index (χ2n) is 5.62. The molecular weight excluding hydrogens is 431 g/mol. The van der Waals surface area contributed by atoms with Gasteiger partial charge >= 0.3 is 0 Å². The maximum atomic E-state index is 4.58. The predicted molar refractivity (Wildman–Crippen MR) is 115 cm³/mol. The smallest absolute Gasteiger partial charge is 0.191 e. The molecule has 0 radical (unpaired) electrons. The van der Waals surface area contributed by atoms with Gasteiger partial charge in [0.15, 0.2) is 5.96 Å². The van der Waals surface area contributed by atoms with Gasteiger partial charge in [-0.2, -0.15) is 0 Å². The maximum Gasteiger partial charge on any atom is 0.191 e. The van der Waals surface area contributed by atoms with E-state index in [1.54, 1.807) is 18.4 Å². The Morgan fingerprint density at radius 2 is 2.04 bits per heavy atom. The van der Waals surface area contributed by atoms with Crippen LogP contribution >= 0.6 is 35.3 Å². The third-order valence-electron chi connectivity index (χ3n) is 3.74. The van der Waals surface area contributed by atoms with Crippen LogP contribution < -0.4 is 10.6 Å². The molecule has 0 aliphatic carbocycles. The Bertz CT molecular complexity index is 667. The Balaban J connectivity index is 0.00000288. The van der Waals surface area contributed by atoms with Crippen molar-refractivity contribution in [2.75, 3.05) is 13.6 Å². The molecule has 1 aromatic heterocycles. The summed E-state index contributed by atoms with van der Waals surface area (Å²) in [5, 5.41) is 10.1. The molecule has 1 heterocycles. The van der Waals surface area contributed by atoms with Crippen molar-refractivity contribution in [3.8, 4) is 0 Å². The molecular formula is C18H27IN4S. The van der Waals surface area contributed by atoms with Gasteiger partial charge in [-0.25, -0.2) is 4.98 Å². The van der Waals surface area contributed by atoms with Gasteiger partial charge in [0.25, 0.3) is 0 Å². The highest BCUT2D eigenvalue weighted by atomic mass is 127. The molecule has 2 aromatic rings. The summed E-state index contributed by atoms with van der Waals surface area (Å²) >= 11 is 1.74. The molecule has 4 nitrogen and oxygen atoms in total. The summed E-state index contributed by atoms with van der Waals surface area (Å²) in [6.07, 6.45) is 1.93. The molecule has 0 saturated carbocycles. The number of nitrogens with one attached hydrogen (secondary N) is 2. The zero-order valence-corrected chi connectivity index (χ0v) is 18.0. The van der Waals surface area contributed by atoms with E-state index >= 15 is 0 Å². The van der Waals surface area contributed by atoms with Gasteiger partial charge in [-0.3, -0.25) is 4.99 Å². The monoisotopic (exact) mass is 458 g/mol. The molecule has 0 aliphatic heterocycles. The Kier molecular flexibility index (Phi) is 9.28. The van der Waals surface area contributed by atoms with Gasteiger partial charge in [0.05, 0.1) is 10.7 Å². The van der Waals surface area contributed by atoms with Crippen LogP contribution in [-0.4, -0.2) is 24.5 Å². The maximum absolute atomic E-state index is 4.58. The zero-order chi connectivity index (χ0) is 16.7. The van der Waals surface area contributed by atoms with Crippen LogP contribution in [0.5, 0.6) is 0 Å². The summed E-state index contributed by atoms with van der Waals surface area (Å²) in [5.74, 6) is 0.830. The van der Waals surface area contributed by atoms with Gasteiger partial charge < -0.3 is 10.6 Å². The number of aliphatic imine (C=N–C) groups is 1. The molecule has 132 valence electrons. The first-order valence-electron chi connectivity index (χ1n) is 8.06. The first kappa shape index (κ1) is 20.9. The molecule has 2 N–H and O–H groups in total. The van der Waals surface area contributed by atoms with Crippen molar-refractivity contribution >= 4 is 41.3 Å². The zero-order valence-electron chi connectivity index (χ0n) is 14.8. The lowest BCUT2D eigenvalue weighted by Crippen LogP contribution is -2.38. The molecule has 0 aliphatic rings. The number of guanidine groups is 1. The van der Waals surface area contributed by atoms with Crippen molar-refractivity contribution < 1.29 is 0 Å². The SMILES string of the molecule is CCc1nc(CCNC(=NC)NCc2ccc(C)cc2C)cs1.I. The second kappa shape index (κ2) is 10.7. The van der Waals surface area contributed by atoms with E-state index in [1.807, 2.05) is 0 Å². The Hall–Kier alpha value is -1.15. The van der Waals surface area contributed by atoms with Gasteiger partial charge in [0.1, 0.15) is 0 Å². The molecule has 24 heavy (non-hydrogen) atoms. The topological polar surface area (TPSA) is 49.3 Å². The van der Waals surface area contributed by atoms with Gasteiger partial charge in [-0.15, -0.1) is 35.3 Å². The summed E-state index contributed by atoms with van der Waals surface area (Å²) in [7, 11) is 1.80. The Labute approximate surface area is 166 Å². The van der Waals surface area contributed by atoms with Crippen LogP contribution in [0.3, 0.4) is 0 Å². The summed E-state index contributed by atoms with van der Waals surface area (Å²) in [6.45, 7) is 8.02. The number of hydrogen-bond acceptors (Lipinski definition) is 3. The van der Waals surface area contributed by atoms with Crippen molar-refractivity contribution in [2.45, 2.75) is 40.2 Å². The summed E-state index contributed by atoms with van der Waals surface area (Å²) in [6, 6.07) is 6.53. The minimum Gasteiger partial charge on any atom is -0.356 e. The number of rotatable bonds is 6. The van der Waals surface area contributed by atoms with Crippen LogP contribution in [-0.2, 0) is 19.4 Å². The molecule has 0 amide bonds. The van der Waals surface area contributed by atoms with E-state index in [-0.39, 0.29) is 24.0 Å². The lowest BCUT2D eigenvalue weighted by atomic mass is 10.1. The number of hydrogen-bond donors (Lipinski definition) is 2. The molecule has 2 rings (SSSR count). The van der Waals surface area contributed by atoms with Crippen LogP contribution in [0.2, 0.25) is 0 Å². The number of halogens is 1. The molecule has 0 spiro atoms. The number of thiazole rings is 1. The van der Waals surface area contributed by atoms with Crippen LogP contribution in [0, 0.1) is 13.8 Å². The number of aryl methyl sites for hydroxylation is 3. The van der Waals surface area contributed by atoms with E-state index in [9.17, 15) is 0 Å². The van der Waals surface area contributed by atoms with E-state index in [0.29, 0.717) is 0 Å². The molecule has 0 atom stereocenters. The fourth-order valence-electron chi connectivity index (χ4n) is 2.38. The number of nitrogens with zero attached hydrogens (tertiary/aromatic N) is 2. The first-order chi connectivity index (χ1) is 11.1. The summed E-state index contributed by atoms with van der Waals surface area (Å²) in [4.78, 5) is 8.86. The van der Waals surface area contributed by atoms with E-state index in [4.69, 9.17) is 0 Å². The summed E-state index contributed by atoms with van der Waals surface area (Å²) < 4.78 is 0. The van der Waals surface area contributed by atoms with Crippen molar-refractivity contribution in [2.24, 2.45) is 4.99 Å². The standard InChI is InChI=1S/C18H26N4S.HI/c1-5-17-22-16(12-23-17)8-9-20-18(19-4)21-11-15-7-6-13(2)10-14(15)3;/h6-7,10,12H,5,8-9,11H2,1-4H3,(H2,19,20,21);1H. The molecule has 1 aromatic carbocycles. The highest BCUT2D eigenvalue weighted by molar-refractivity contribution is 14.0. The van der Waals surface area contributed by atoms with Gasteiger partial charge in [-0.05, 0) is 31.4 Å². The fourth-order valence-corrected chi connectivity index (χ4v) is 3.16. The lowest BCUT2D eigenvalue weighted by Gasteiger charge is -2.13. The lowest BCUT2D eigenvalue weighted by molar-refractivity contribution is 0.783. The third-order valence-corrected chi connectivity index (χ3v) is 4.79. The highest BCUT2D eigenvalue weighted by Gasteiger charge is 2.03. The largest absolute Gasteiger partial charge is 0.356 e. The number of aromatic nitrogens is 1. The fraction of sp³-hybridized carbons (Fsp3) is 0.444. The van der Waals surface area contributed by atoms with Crippen LogP contribution in [0.1, 0.15) is 34.3 Å². The van der Waals surface area contributed by atoms with Crippen LogP contribution in [0.15, 0.2) is 28.6 Å². The van der Waals surface area contributed by atoms with Crippen molar-refractivity contribution in [1.82, 2.24) is 15.6 Å². The number of benzene rings is 1. The van der Waals surface area contributed by atoms with E-state index < -0.39 is 0 Å². The van der Waals surface area contributed by atoms with E-state index in [2.05, 4.69) is 65.0 Å². The van der Waals surface area contributed by atoms with E-state index in [0.717, 1.165) is 37.6 Å². The Morgan fingerprint density at radius 1 is 1.25 bits per heavy atom. The van der Waals surface area contributed by atoms with Crippen molar-refractivity contribution in [1.29, 1.82) is 0 Å². The van der Waals surface area contributed by atoms with Crippen molar-refractivity contribution in [3.63, 3.8) is 0 Å². The van der Waals surface area contributed by atoms with Gasteiger partial charge in [-0.1, -0.05) is 30.7 Å². The van der Waals surface area contributed by atoms with Gasteiger partial charge in [0.2, 0.25) is 0 Å². The van der Waals surface area contributed by atoms with Crippen LogP contribution in [0.25, 0.3) is 0 Å². The molecule has 0 bridgehead atoms. The quantitative estimate of drug-likeness (QED) is 0.393. The molecule has 0 saturated heterocycles. The van der Waals surface area contributed by atoms with Gasteiger partial charge in [0, 0.05) is 31.9 Å². The highest BCUT2D eigenvalue weighted by Crippen LogP contribution is 2.11. The van der Waals surface area contributed by atoms with Crippen LogP contribution in [0.4, 0.5) is 0 Å². The average molecular weight is 458 g/mol. The molecule has 6 heteroatoms. The second-order valence-corrected chi connectivity index (χ2v) is 6.56. The first-order valence-corrected chi connectivity index (χ1v) is 8.94.